The Morgan fingerprint density at radius 2 is 1.79 bits per heavy atom. The van der Waals surface area contributed by atoms with Gasteiger partial charge in [-0.3, -0.25) is 0 Å². The minimum atomic E-state index is -0.0384. The summed E-state index contributed by atoms with van der Waals surface area (Å²) in [5.41, 5.74) is 0. The van der Waals surface area contributed by atoms with Gasteiger partial charge in [-0.1, -0.05) is 39.5 Å². The maximum absolute atomic E-state index is 10.3. The molecule has 2 fully saturated rings. The second kappa shape index (κ2) is 7.64. The molecule has 0 bridgehead atoms. The van der Waals surface area contributed by atoms with Gasteiger partial charge < -0.3 is 10.0 Å². The van der Waals surface area contributed by atoms with Gasteiger partial charge in [-0.05, 0) is 50.5 Å². The van der Waals surface area contributed by atoms with E-state index in [0.29, 0.717) is 5.92 Å². The number of hydrogen-bond donors (Lipinski definition) is 1. The Hall–Kier alpha value is -0.0800. The van der Waals surface area contributed by atoms with Crippen LogP contribution in [0, 0.1) is 11.8 Å². The highest BCUT2D eigenvalue weighted by Crippen LogP contribution is 2.34. The molecule has 112 valence electrons. The van der Waals surface area contributed by atoms with E-state index in [2.05, 4.69) is 18.7 Å². The predicted molar refractivity (Wildman–Crippen MR) is 81.2 cm³/mol. The zero-order valence-corrected chi connectivity index (χ0v) is 13.0. The maximum atomic E-state index is 10.3. The summed E-state index contributed by atoms with van der Waals surface area (Å²) in [7, 11) is 0. The summed E-state index contributed by atoms with van der Waals surface area (Å²) in [5.74, 6) is 1.41. The average Bonchev–Trinajstić information content (AvgIpc) is 2.93. The number of nitrogens with zero attached hydrogens (tertiary/aromatic N) is 1. The summed E-state index contributed by atoms with van der Waals surface area (Å²) < 4.78 is 0. The maximum Gasteiger partial charge on any atom is 0.0580 e. The van der Waals surface area contributed by atoms with Crippen LogP contribution in [0.15, 0.2) is 0 Å². The highest BCUT2D eigenvalue weighted by molar-refractivity contribution is 4.85. The Morgan fingerprint density at radius 1 is 1.05 bits per heavy atom. The third kappa shape index (κ3) is 4.19. The Balaban J connectivity index is 1.86. The lowest BCUT2D eigenvalue weighted by Crippen LogP contribution is -2.42. The largest absolute Gasteiger partial charge is 0.393 e. The molecule has 2 rings (SSSR count). The minimum absolute atomic E-state index is 0.0384. The highest BCUT2D eigenvalue weighted by atomic mass is 16.3. The molecule has 19 heavy (non-hydrogen) atoms. The van der Waals surface area contributed by atoms with Crippen LogP contribution in [0.2, 0.25) is 0 Å². The number of aliphatic hydroxyl groups excluding tert-OH is 1. The van der Waals surface area contributed by atoms with Gasteiger partial charge >= 0.3 is 0 Å². The number of rotatable bonds is 6. The molecular weight excluding hydrogens is 234 g/mol. The molecule has 0 saturated heterocycles. The van der Waals surface area contributed by atoms with Gasteiger partial charge in [0, 0.05) is 12.6 Å². The van der Waals surface area contributed by atoms with Crippen LogP contribution in [0.3, 0.4) is 0 Å². The van der Waals surface area contributed by atoms with Crippen molar-refractivity contribution in [3.8, 4) is 0 Å². The first-order valence-electron chi connectivity index (χ1n) is 8.66. The standard InChI is InChI=1S/C17H33NO/c1-3-7-14-10-11-17(19)15(12-14)13-18(4-2)16-8-5-6-9-16/h14-17,19H,3-13H2,1-2H3. The molecule has 2 heteroatoms. The van der Waals surface area contributed by atoms with Crippen LogP contribution in [0.25, 0.3) is 0 Å². The summed E-state index contributed by atoms with van der Waals surface area (Å²) in [6.45, 7) is 6.88. The molecule has 0 heterocycles. The van der Waals surface area contributed by atoms with Gasteiger partial charge in [-0.2, -0.15) is 0 Å². The van der Waals surface area contributed by atoms with E-state index in [1.165, 1.54) is 51.4 Å². The Bertz CT molecular complexity index is 250. The topological polar surface area (TPSA) is 23.5 Å². The van der Waals surface area contributed by atoms with E-state index in [9.17, 15) is 5.11 Å². The fourth-order valence-electron chi connectivity index (χ4n) is 4.32. The summed E-state index contributed by atoms with van der Waals surface area (Å²) in [6.07, 6.45) is 11.8. The number of hydrogen-bond acceptors (Lipinski definition) is 2. The highest BCUT2D eigenvalue weighted by Gasteiger charge is 2.32. The van der Waals surface area contributed by atoms with Crippen LogP contribution >= 0.6 is 0 Å². The zero-order valence-electron chi connectivity index (χ0n) is 13.0. The smallest absolute Gasteiger partial charge is 0.0580 e. The monoisotopic (exact) mass is 267 g/mol. The van der Waals surface area contributed by atoms with E-state index in [-0.39, 0.29) is 6.10 Å². The molecule has 3 atom stereocenters. The van der Waals surface area contributed by atoms with Gasteiger partial charge in [0.1, 0.15) is 0 Å². The lowest BCUT2D eigenvalue weighted by atomic mass is 9.77. The van der Waals surface area contributed by atoms with E-state index < -0.39 is 0 Å². The van der Waals surface area contributed by atoms with E-state index in [0.717, 1.165) is 31.5 Å². The molecule has 0 aromatic heterocycles. The molecule has 0 aromatic carbocycles. The summed E-state index contributed by atoms with van der Waals surface area (Å²) >= 11 is 0. The third-order valence-electron chi connectivity index (χ3n) is 5.46. The first-order chi connectivity index (χ1) is 9.24. The Morgan fingerprint density at radius 3 is 2.42 bits per heavy atom. The molecule has 2 saturated carbocycles. The lowest BCUT2D eigenvalue weighted by molar-refractivity contribution is 0.0188. The molecule has 0 aliphatic heterocycles. The van der Waals surface area contributed by atoms with Crippen LogP contribution in [-0.2, 0) is 0 Å². The summed E-state index contributed by atoms with van der Waals surface area (Å²) in [5, 5.41) is 10.3. The average molecular weight is 267 g/mol. The van der Waals surface area contributed by atoms with Gasteiger partial charge in [0.15, 0.2) is 0 Å². The molecule has 0 amide bonds. The normalized spacial score (nSPS) is 33.2. The first kappa shape index (κ1) is 15.3. The van der Waals surface area contributed by atoms with Gasteiger partial charge in [0.2, 0.25) is 0 Å². The van der Waals surface area contributed by atoms with Crippen molar-refractivity contribution < 1.29 is 5.11 Å². The van der Waals surface area contributed by atoms with Gasteiger partial charge in [-0.15, -0.1) is 0 Å². The van der Waals surface area contributed by atoms with E-state index in [4.69, 9.17) is 0 Å². The molecule has 0 radical (unpaired) electrons. The SMILES string of the molecule is CCCC1CCC(O)C(CN(CC)C2CCCC2)C1. The van der Waals surface area contributed by atoms with Crippen molar-refractivity contribution in [2.24, 2.45) is 11.8 Å². The second-order valence-corrected chi connectivity index (χ2v) is 6.82. The fourth-order valence-corrected chi connectivity index (χ4v) is 4.32. The van der Waals surface area contributed by atoms with Crippen LogP contribution in [0.1, 0.15) is 71.6 Å². The lowest BCUT2D eigenvalue weighted by Gasteiger charge is -2.38. The summed E-state index contributed by atoms with van der Waals surface area (Å²) in [6, 6.07) is 0.809. The fraction of sp³-hybridized carbons (Fsp3) is 1.00. The van der Waals surface area contributed by atoms with Crippen molar-refractivity contribution in [1.29, 1.82) is 0 Å². The Kier molecular flexibility index (Phi) is 6.15. The van der Waals surface area contributed by atoms with Crippen LogP contribution in [-0.4, -0.2) is 35.2 Å². The predicted octanol–water partition coefficient (Wildman–Crippen LogP) is 3.83. The van der Waals surface area contributed by atoms with Crippen molar-refractivity contribution >= 4 is 0 Å². The van der Waals surface area contributed by atoms with Crippen LogP contribution in [0.5, 0.6) is 0 Å². The van der Waals surface area contributed by atoms with Crippen LogP contribution in [0.4, 0.5) is 0 Å². The van der Waals surface area contributed by atoms with Gasteiger partial charge in [0.05, 0.1) is 6.10 Å². The molecule has 2 aliphatic rings. The van der Waals surface area contributed by atoms with Gasteiger partial charge in [0.25, 0.3) is 0 Å². The molecule has 2 nitrogen and oxygen atoms in total. The molecule has 1 N–H and O–H groups in total. The van der Waals surface area contributed by atoms with Gasteiger partial charge in [-0.25, -0.2) is 0 Å². The molecule has 0 aromatic rings. The van der Waals surface area contributed by atoms with Crippen molar-refractivity contribution in [2.45, 2.75) is 83.8 Å². The van der Waals surface area contributed by atoms with Crippen LogP contribution < -0.4 is 0 Å². The van der Waals surface area contributed by atoms with Crippen molar-refractivity contribution in [3.63, 3.8) is 0 Å². The second-order valence-electron chi connectivity index (χ2n) is 6.82. The minimum Gasteiger partial charge on any atom is -0.393 e. The molecule has 2 aliphatic carbocycles. The summed E-state index contributed by atoms with van der Waals surface area (Å²) in [4.78, 5) is 2.66. The molecular formula is C17H33NO. The first-order valence-corrected chi connectivity index (χ1v) is 8.66. The van der Waals surface area contributed by atoms with E-state index in [1.807, 2.05) is 0 Å². The van der Waals surface area contributed by atoms with E-state index >= 15 is 0 Å². The number of aliphatic hydroxyl groups is 1. The molecule has 3 unspecified atom stereocenters. The van der Waals surface area contributed by atoms with E-state index in [1.54, 1.807) is 0 Å². The quantitative estimate of drug-likeness (QED) is 0.790. The third-order valence-corrected chi connectivity index (χ3v) is 5.46. The van der Waals surface area contributed by atoms with Crippen molar-refractivity contribution in [3.05, 3.63) is 0 Å². The Labute approximate surface area is 119 Å². The van der Waals surface area contributed by atoms with Crippen molar-refractivity contribution in [2.75, 3.05) is 13.1 Å². The molecule has 0 spiro atoms. The zero-order chi connectivity index (χ0) is 13.7. The van der Waals surface area contributed by atoms with Crippen molar-refractivity contribution in [1.82, 2.24) is 4.90 Å².